The Hall–Kier alpha value is -0.740. The number of ether oxygens (including phenoxy) is 1. The first-order valence-corrected chi connectivity index (χ1v) is 6.48. The van der Waals surface area contributed by atoms with E-state index in [1.54, 1.807) is 17.8 Å². The van der Waals surface area contributed by atoms with Crippen molar-refractivity contribution in [3.05, 3.63) is 29.6 Å². The summed E-state index contributed by atoms with van der Waals surface area (Å²) in [6.45, 7) is 2.07. The Bertz CT molecular complexity index is 333. The van der Waals surface area contributed by atoms with Crippen molar-refractivity contribution in [1.82, 2.24) is 0 Å². The first-order chi connectivity index (χ1) is 7.67. The van der Waals surface area contributed by atoms with E-state index in [2.05, 4.69) is 6.92 Å². The summed E-state index contributed by atoms with van der Waals surface area (Å²) in [5.41, 5.74) is 6.76. The van der Waals surface area contributed by atoms with E-state index < -0.39 is 0 Å². The van der Waals surface area contributed by atoms with Gasteiger partial charge in [0.2, 0.25) is 0 Å². The summed E-state index contributed by atoms with van der Waals surface area (Å²) in [7, 11) is 1.47. The molecule has 0 amide bonds. The van der Waals surface area contributed by atoms with Crippen LogP contribution in [0.1, 0.15) is 18.9 Å². The monoisotopic (exact) mass is 243 g/mol. The van der Waals surface area contributed by atoms with Gasteiger partial charge in [-0.3, -0.25) is 0 Å². The molecule has 2 nitrogen and oxygen atoms in total. The largest absolute Gasteiger partial charge is 0.494 e. The Kier molecular flexibility index (Phi) is 5.63. The molecule has 1 aromatic carbocycles. The number of benzene rings is 1. The van der Waals surface area contributed by atoms with Gasteiger partial charge in [0.05, 0.1) is 7.11 Å². The highest BCUT2D eigenvalue weighted by atomic mass is 32.2. The maximum atomic E-state index is 13.3. The Morgan fingerprint density at radius 1 is 1.50 bits per heavy atom. The molecular formula is C12H18FNOS. The molecule has 1 unspecified atom stereocenters. The number of methoxy groups -OCH3 is 1. The van der Waals surface area contributed by atoms with E-state index in [0.717, 1.165) is 23.5 Å². The highest BCUT2D eigenvalue weighted by molar-refractivity contribution is 7.98. The first kappa shape index (κ1) is 13.3. The van der Waals surface area contributed by atoms with Crippen molar-refractivity contribution in [2.75, 3.05) is 12.9 Å². The average Bonchev–Trinajstić information content (AvgIpc) is 2.29. The molecule has 1 rings (SSSR count). The molecule has 0 saturated carbocycles. The molecule has 0 aromatic heterocycles. The molecule has 2 N–H and O–H groups in total. The minimum atomic E-state index is -0.305. The summed E-state index contributed by atoms with van der Waals surface area (Å²) in [6, 6.07) is 5.29. The molecule has 16 heavy (non-hydrogen) atoms. The lowest BCUT2D eigenvalue weighted by Crippen LogP contribution is -2.21. The number of hydrogen-bond acceptors (Lipinski definition) is 3. The highest BCUT2D eigenvalue weighted by Crippen LogP contribution is 2.21. The van der Waals surface area contributed by atoms with Crippen LogP contribution in [0.25, 0.3) is 0 Å². The molecule has 1 aromatic rings. The molecule has 0 spiro atoms. The second kappa shape index (κ2) is 6.76. The van der Waals surface area contributed by atoms with Crippen LogP contribution in [-0.4, -0.2) is 18.9 Å². The highest BCUT2D eigenvalue weighted by Gasteiger charge is 2.04. The van der Waals surface area contributed by atoms with E-state index in [9.17, 15) is 4.39 Å². The lowest BCUT2D eigenvalue weighted by atomic mass is 10.2. The second-order valence-corrected chi connectivity index (χ2v) is 4.68. The van der Waals surface area contributed by atoms with E-state index in [0.29, 0.717) is 5.75 Å². The van der Waals surface area contributed by atoms with Gasteiger partial charge in [-0.25, -0.2) is 4.39 Å². The number of halogens is 1. The van der Waals surface area contributed by atoms with Crippen LogP contribution in [0.2, 0.25) is 0 Å². The predicted octanol–water partition coefficient (Wildman–Crippen LogP) is 2.80. The lowest BCUT2D eigenvalue weighted by molar-refractivity contribution is 0.386. The Morgan fingerprint density at radius 2 is 2.25 bits per heavy atom. The third-order valence-electron chi connectivity index (χ3n) is 2.34. The quantitative estimate of drug-likeness (QED) is 0.834. The van der Waals surface area contributed by atoms with Gasteiger partial charge in [0, 0.05) is 17.5 Å². The molecule has 0 radical (unpaired) electrons. The fourth-order valence-electron chi connectivity index (χ4n) is 1.25. The van der Waals surface area contributed by atoms with Crippen LogP contribution < -0.4 is 10.5 Å². The summed E-state index contributed by atoms with van der Waals surface area (Å²) in [6.07, 6.45) is 0.976. The van der Waals surface area contributed by atoms with Crippen LogP contribution in [0.15, 0.2) is 18.2 Å². The van der Waals surface area contributed by atoms with E-state index in [4.69, 9.17) is 10.5 Å². The van der Waals surface area contributed by atoms with Gasteiger partial charge in [0.15, 0.2) is 11.6 Å². The van der Waals surface area contributed by atoms with E-state index in [1.807, 2.05) is 6.07 Å². The third-order valence-corrected chi connectivity index (χ3v) is 3.54. The number of hydrogen-bond donors (Lipinski definition) is 1. The number of rotatable bonds is 6. The van der Waals surface area contributed by atoms with Crippen LogP contribution in [0, 0.1) is 5.82 Å². The van der Waals surface area contributed by atoms with Crippen molar-refractivity contribution in [3.63, 3.8) is 0 Å². The third kappa shape index (κ3) is 4.02. The van der Waals surface area contributed by atoms with Gasteiger partial charge in [-0.05, 0) is 24.1 Å². The first-order valence-electron chi connectivity index (χ1n) is 5.33. The van der Waals surface area contributed by atoms with Gasteiger partial charge in [0.1, 0.15) is 0 Å². The molecule has 0 aliphatic heterocycles. The fraction of sp³-hybridized carbons (Fsp3) is 0.500. The van der Waals surface area contributed by atoms with Gasteiger partial charge in [-0.2, -0.15) is 11.8 Å². The number of nitrogens with two attached hydrogens (primary N) is 1. The topological polar surface area (TPSA) is 35.2 Å². The minimum Gasteiger partial charge on any atom is -0.494 e. The fourth-order valence-corrected chi connectivity index (χ4v) is 2.32. The zero-order valence-corrected chi connectivity index (χ0v) is 10.5. The Balaban J connectivity index is 2.46. The summed E-state index contributed by atoms with van der Waals surface area (Å²) in [5, 5.41) is 0. The van der Waals surface area contributed by atoms with Gasteiger partial charge in [0.25, 0.3) is 0 Å². The van der Waals surface area contributed by atoms with Gasteiger partial charge in [-0.1, -0.05) is 13.0 Å². The predicted molar refractivity (Wildman–Crippen MR) is 67.4 cm³/mol. The molecule has 0 bridgehead atoms. The maximum absolute atomic E-state index is 13.3. The standard InChI is InChI=1S/C12H18FNOS/c1-3-10(14)8-16-7-9-4-5-12(15-2)11(13)6-9/h4-6,10H,3,7-8,14H2,1-2H3. The minimum absolute atomic E-state index is 0.230. The van der Waals surface area contributed by atoms with Crippen LogP contribution in [-0.2, 0) is 5.75 Å². The van der Waals surface area contributed by atoms with Crippen molar-refractivity contribution in [2.24, 2.45) is 5.73 Å². The molecule has 0 aliphatic rings. The summed E-state index contributed by atoms with van der Waals surface area (Å²) in [5.74, 6) is 1.68. The molecule has 4 heteroatoms. The lowest BCUT2D eigenvalue weighted by Gasteiger charge is -2.08. The molecule has 1 atom stereocenters. The van der Waals surface area contributed by atoms with Crippen molar-refractivity contribution >= 4 is 11.8 Å². The van der Waals surface area contributed by atoms with Gasteiger partial charge < -0.3 is 10.5 Å². The van der Waals surface area contributed by atoms with Crippen molar-refractivity contribution in [3.8, 4) is 5.75 Å². The zero-order valence-electron chi connectivity index (χ0n) is 9.70. The molecule has 0 aliphatic carbocycles. The van der Waals surface area contributed by atoms with E-state index in [-0.39, 0.29) is 11.9 Å². The second-order valence-electron chi connectivity index (χ2n) is 3.65. The molecule has 0 saturated heterocycles. The molecule has 0 fully saturated rings. The molecule has 90 valence electrons. The Labute approximate surface area is 100 Å². The maximum Gasteiger partial charge on any atom is 0.165 e. The summed E-state index contributed by atoms with van der Waals surface area (Å²) in [4.78, 5) is 0. The van der Waals surface area contributed by atoms with Gasteiger partial charge >= 0.3 is 0 Å². The Morgan fingerprint density at radius 3 is 2.81 bits per heavy atom. The SMILES string of the molecule is CCC(N)CSCc1ccc(OC)c(F)c1. The van der Waals surface area contributed by atoms with Crippen molar-refractivity contribution in [1.29, 1.82) is 0 Å². The molecule has 0 heterocycles. The summed E-state index contributed by atoms with van der Waals surface area (Å²) >= 11 is 1.73. The van der Waals surface area contributed by atoms with E-state index >= 15 is 0 Å². The zero-order chi connectivity index (χ0) is 12.0. The van der Waals surface area contributed by atoms with Crippen LogP contribution in [0.3, 0.4) is 0 Å². The van der Waals surface area contributed by atoms with Crippen molar-refractivity contribution in [2.45, 2.75) is 25.1 Å². The number of thioether (sulfide) groups is 1. The molecular weight excluding hydrogens is 225 g/mol. The van der Waals surface area contributed by atoms with Gasteiger partial charge in [-0.15, -0.1) is 0 Å². The average molecular weight is 243 g/mol. The smallest absolute Gasteiger partial charge is 0.165 e. The van der Waals surface area contributed by atoms with E-state index in [1.165, 1.54) is 13.2 Å². The van der Waals surface area contributed by atoms with Crippen LogP contribution >= 0.6 is 11.8 Å². The summed E-state index contributed by atoms with van der Waals surface area (Å²) < 4.78 is 18.2. The van der Waals surface area contributed by atoms with Crippen LogP contribution in [0.5, 0.6) is 5.75 Å². The van der Waals surface area contributed by atoms with Crippen LogP contribution in [0.4, 0.5) is 4.39 Å². The van der Waals surface area contributed by atoms with Crippen molar-refractivity contribution < 1.29 is 9.13 Å². The normalized spacial score (nSPS) is 12.5.